The number of halogens is 3. The Bertz CT molecular complexity index is 524. The van der Waals surface area contributed by atoms with Gasteiger partial charge < -0.3 is 10.0 Å². The molecule has 1 heterocycles. The van der Waals surface area contributed by atoms with Gasteiger partial charge in [-0.25, -0.2) is 4.39 Å². The van der Waals surface area contributed by atoms with Crippen LogP contribution in [-0.4, -0.2) is 49.3 Å². The molecule has 0 saturated carbocycles. The van der Waals surface area contributed by atoms with E-state index in [9.17, 15) is 4.39 Å². The number of piperazine rings is 1. The van der Waals surface area contributed by atoms with E-state index in [-0.39, 0.29) is 6.61 Å². The quantitative estimate of drug-likeness (QED) is 0.610. The van der Waals surface area contributed by atoms with Crippen LogP contribution in [0.5, 0.6) is 0 Å². The Hall–Kier alpha value is -0.360. The number of hydrogen-bond acceptors (Lipinski definition) is 3. The summed E-state index contributed by atoms with van der Waals surface area (Å²) in [5.41, 5.74) is 1.62. The van der Waals surface area contributed by atoms with Crippen molar-refractivity contribution < 1.29 is 9.50 Å². The Labute approximate surface area is 157 Å². The second-order valence-electron chi connectivity index (χ2n) is 6.32. The topological polar surface area (TPSA) is 26.7 Å². The van der Waals surface area contributed by atoms with Gasteiger partial charge >= 0.3 is 0 Å². The highest BCUT2D eigenvalue weighted by Crippen LogP contribution is 2.37. The largest absolute Gasteiger partial charge is 0.396 e. The molecule has 0 aliphatic carbocycles. The molecule has 1 aromatic rings. The number of unbranched alkanes of at least 4 members (excludes halogenated alkanes) is 2. The summed E-state index contributed by atoms with van der Waals surface area (Å²) in [6.45, 7) is 7.12. The molecule has 0 aromatic heterocycles. The van der Waals surface area contributed by atoms with Crippen molar-refractivity contribution in [2.75, 3.05) is 44.2 Å². The van der Waals surface area contributed by atoms with Crippen molar-refractivity contribution in [2.45, 2.75) is 38.8 Å². The molecule has 1 atom stereocenters. The lowest BCUT2D eigenvalue weighted by Gasteiger charge is -2.36. The van der Waals surface area contributed by atoms with Crippen molar-refractivity contribution in [1.82, 2.24) is 4.90 Å². The van der Waals surface area contributed by atoms with Crippen LogP contribution in [0.3, 0.4) is 0 Å². The van der Waals surface area contributed by atoms with Gasteiger partial charge in [-0.1, -0.05) is 18.5 Å². The predicted molar refractivity (Wildman–Crippen MR) is 103 cm³/mol. The number of nitrogens with zero attached hydrogens (tertiary/aromatic N) is 2. The zero-order chi connectivity index (χ0) is 17.5. The highest BCUT2D eigenvalue weighted by Gasteiger charge is 2.21. The van der Waals surface area contributed by atoms with Crippen LogP contribution < -0.4 is 4.90 Å². The first-order valence-corrected chi connectivity index (χ1v) is 9.95. The summed E-state index contributed by atoms with van der Waals surface area (Å²) in [7, 11) is 0. The molecule has 2 rings (SSSR count). The summed E-state index contributed by atoms with van der Waals surface area (Å²) in [4.78, 5) is 4.76. The van der Waals surface area contributed by atoms with Gasteiger partial charge in [-0.3, -0.25) is 4.90 Å². The van der Waals surface area contributed by atoms with Crippen LogP contribution in [0.15, 0.2) is 16.6 Å². The molecule has 0 spiro atoms. The molecule has 136 valence electrons. The van der Waals surface area contributed by atoms with E-state index in [0.29, 0.717) is 17.0 Å². The van der Waals surface area contributed by atoms with Gasteiger partial charge in [0.15, 0.2) is 0 Å². The Morgan fingerprint density at radius 2 is 1.92 bits per heavy atom. The van der Waals surface area contributed by atoms with Crippen LogP contribution in [0.4, 0.5) is 10.1 Å². The number of alkyl halides is 1. The third kappa shape index (κ3) is 5.32. The van der Waals surface area contributed by atoms with Gasteiger partial charge in [0.1, 0.15) is 6.17 Å². The lowest BCUT2D eigenvalue weighted by molar-refractivity contribution is 0.242. The van der Waals surface area contributed by atoms with E-state index in [0.717, 1.165) is 62.1 Å². The maximum Gasteiger partial charge on any atom is 0.126 e. The summed E-state index contributed by atoms with van der Waals surface area (Å²) in [6.07, 6.45) is 2.51. The van der Waals surface area contributed by atoms with E-state index >= 15 is 0 Å². The van der Waals surface area contributed by atoms with Crippen molar-refractivity contribution in [3.05, 3.63) is 27.2 Å². The van der Waals surface area contributed by atoms with Gasteiger partial charge in [0.05, 0.1) is 5.02 Å². The summed E-state index contributed by atoms with van der Waals surface area (Å²) in [5.74, 6) is 0. The minimum absolute atomic E-state index is 0.287. The molecule has 24 heavy (non-hydrogen) atoms. The number of rotatable bonds is 8. The summed E-state index contributed by atoms with van der Waals surface area (Å²) in [6, 6.07) is 3.89. The predicted octanol–water partition coefficient (Wildman–Crippen LogP) is 4.81. The fourth-order valence-corrected chi connectivity index (χ4v) is 3.77. The molecule has 0 radical (unpaired) electrons. The molecule has 1 aliphatic rings. The average molecular weight is 422 g/mol. The summed E-state index contributed by atoms with van der Waals surface area (Å²) < 4.78 is 14.9. The van der Waals surface area contributed by atoms with E-state index in [4.69, 9.17) is 16.7 Å². The van der Waals surface area contributed by atoms with E-state index in [1.165, 1.54) is 0 Å². The molecular weight excluding hydrogens is 395 g/mol. The maximum atomic E-state index is 14.2. The first-order chi connectivity index (χ1) is 11.6. The van der Waals surface area contributed by atoms with Crippen molar-refractivity contribution in [2.24, 2.45) is 0 Å². The van der Waals surface area contributed by atoms with Gasteiger partial charge in [-0.2, -0.15) is 0 Å². The normalized spacial score (nSPS) is 17.3. The molecular formula is C18H27BrClFN2O. The Kier molecular flexibility index (Phi) is 8.28. The highest BCUT2D eigenvalue weighted by atomic mass is 79.9. The zero-order valence-electron chi connectivity index (χ0n) is 14.3. The van der Waals surface area contributed by atoms with Crippen molar-refractivity contribution in [3.63, 3.8) is 0 Å². The first kappa shape index (κ1) is 20.0. The fraction of sp³-hybridized carbons (Fsp3) is 0.667. The number of benzene rings is 1. The minimum Gasteiger partial charge on any atom is -0.396 e. The Balaban J connectivity index is 1.95. The molecule has 0 amide bonds. The van der Waals surface area contributed by atoms with Crippen LogP contribution in [0.1, 0.15) is 44.3 Å². The summed E-state index contributed by atoms with van der Waals surface area (Å²) >= 11 is 9.72. The standard InChI is InChI=1S/C18H27BrClFN2O/c1-2-17(21)15-12-14(13-16(19)18(15)20)23-9-7-22(8-10-23)6-4-3-5-11-24/h12-13,17,24H,2-11H2,1H3. The lowest BCUT2D eigenvalue weighted by atomic mass is 10.1. The van der Waals surface area contributed by atoms with Crippen molar-refractivity contribution in [1.29, 1.82) is 0 Å². The van der Waals surface area contributed by atoms with Crippen LogP contribution in [0, 0.1) is 0 Å². The third-order valence-electron chi connectivity index (χ3n) is 4.61. The molecule has 1 N–H and O–H groups in total. The smallest absolute Gasteiger partial charge is 0.126 e. The van der Waals surface area contributed by atoms with E-state index in [2.05, 4.69) is 25.7 Å². The zero-order valence-corrected chi connectivity index (χ0v) is 16.6. The molecule has 1 aromatic carbocycles. The molecule has 6 heteroatoms. The van der Waals surface area contributed by atoms with Crippen molar-refractivity contribution in [3.8, 4) is 0 Å². The van der Waals surface area contributed by atoms with Gasteiger partial charge in [0.2, 0.25) is 0 Å². The van der Waals surface area contributed by atoms with Crippen LogP contribution in [0.25, 0.3) is 0 Å². The number of hydrogen-bond donors (Lipinski definition) is 1. The van der Waals surface area contributed by atoms with Gasteiger partial charge in [-0.15, -0.1) is 0 Å². The molecule has 1 fully saturated rings. The lowest BCUT2D eigenvalue weighted by Crippen LogP contribution is -2.46. The average Bonchev–Trinajstić information content (AvgIpc) is 2.61. The number of anilines is 1. The van der Waals surface area contributed by atoms with E-state index < -0.39 is 6.17 Å². The van der Waals surface area contributed by atoms with E-state index in [1.807, 2.05) is 19.1 Å². The summed E-state index contributed by atoms with van der Waals surface area (Å²) in [5, 5.41) is 9.31. The van der Waals surface area contributed by atoms with Crippen LogP contribution in [0.2, 0.25) is 5.02 Å². The first-order valence-electron chi connectivity index (χ1n) is 8.78. The van der Waals surface area contributed by atoms with Crippen LogP contribution >= 0.6 is 27.5 Å². The molecule has 3 nitrogen and oxygen atoms in total. The molecule has 0 bridgehead atoms. The van der Waals surface area contributed by atoms with Crippen LogP contribution in [-0.2, 0) is 0 Å². The molecule has 1 aliphatic heterocycles. The minimum atomic E-state index is -1.03. The van der Waals surface area contributed by atoms with Gasteiger partial charge in [-0.05, 0) is 60.3 Å². The SMILES string of the molecule is CCC(F)c1cc(N2CCN(CCCCCO)CC2)cc(Br)c1Cl. The molecule has 1 unspecified atom stereocenters. The van der Waals surface area contributed by atoms with Gasteiger partial charge in [0, 0.05) is 48.5 Å². The number of aliphatic hydroxyl groups is 1. The Morgan fingerprint density at radius 3 is 2.54 bits per heavy atom. The third-order valence-corrected chi connectivity index (χ3v) is 5.88. The highest BCUT2D eigenvalue weighted by molar-refractivity contribution is 9.10. The second kappa shape index (κ2) is 9.95. The van der Waals surface area contributed by atoms with E-state index in [1.54, 1.807) is 0 Å². The molecule has 1 saturated heterocycles. The maximum absolute atomic E-state index is 14.2. The van der Waals surface area contributed by atoms with Gasteiger partial charge in [0.25, 0.3) is 0 Å². The number of aliphatic hydroxyl groups excluding tert-OH is 1. The van der Waals surface area contributed by atoms with Crippen molar-refractivity contribution >= 4 is 33.2 Å². The monoisotopic (exact) mass is 420 g/mol. The fourth-order valence-electron chi connectivity index (χ4n) is 3.08. The Morgan fingerprint density at radius 1 is 1.21 bits per heavy atom. The second-order valence-corrected chi connectivity index (χ2v) is 7.55.